The molecular weight excluding hydrogens is 401 g/mol. The third-order valence-corrected chi connectivity index (χ3v) is 7.04. The number of benzene rings is 2. The number of nitrogens with zero attached hydrogens (tertiary/aromatic N) is 2. The quantitative estimate of drug-likeness (QED) is 0.471. The van der Waals surface area contributed by atoms with Gasteiger partial charge in [-0.3, -0.25) is 18.9 Å². The van der Waals surface area contributed by atoms with Gasteiger partial charge in [0, 0.05) is 22.4 Å². The van der Waals surface area contributed by atoms with E-state index in [9.17, 15) is 9.36 Å². The van der Waals surface area contributed by atoms with Crippen LogP contribution in [0.25, 0.3) is 27.4 Å². The van der Waals surface area contributed by atoms with Crippen molar-refractivity contribution in [2.45, 2.75) is 13.8 Å². The molecule has 2 N–H and O–H groups in total. The highest BCUT2D eigenvalue weighted by atomic mass is 31.2. The molecule has 0 aliphatic rings. The normalized spacial score (nSPS) is 11.9. The van der Waals surface area contributed by atoms with Crippen molar-refractivity contribution < 1.29 is 13.6 Å². The Kier molecular flexibility index (Phi) is 5.43. The molecule has 0 fully saturated rings. The molecule has 0 aliphatic carbocycles. The van der Waals surface area contributed by atoms with Gasteiger partial charge in [0.05, 0.1) is 24.4 Å². The SMILES string of the molecule is CCOP(=O)(OCC)c1c(N)n(-c2cccc3cccnc23)c(=O)c2ccccc12. The first-order valence-electron chi connectivity index (χ1n) is 9.69. The molecule has 2 aromatic heterocycles. The van der Waals surface area contributed by atoms with Crippen molar-refractivity contribution in [1.82, 2.24) is 9.55 Å². The zero-order chi connectivity index (χ0) is 21.3. The summed E-state index contributed by atoms with van der Waals surface area (Å²) in [6.45, 7) is 3.80. The number of fused-ring (bicyclic) bond motifs is 2. The summed E-state index contributed by atoms with van der Waals surface area (Å²) in [5.41, 5.74) is 7.30. The highest BCUT2D eigenvalue weighted by Gasteiger charge is 2.34. The number of pyridine rings is 2. The minimum Gasteiger partial charge on any atom is -0.384 e. The van der Waals surface area contributed by atoms with Gasteiger partial charge in [-0.1, -0.05) is 36.4 Å². The summed E-state index contributed by atoms with van der Waals surface area (Å²) in [6, 6.07) is 16.1. The van der Waals surface area contributed by atoms with Gasteiger partial charge in [0.25, 0.3) is 5.56 Å². The van der Waals surface area contributed by atoms with Gasteiger partial charge in [-0.05, 0) is 32.0 Å². The standard InChI is InChI=1S/C22H22N3O4P/c1-3-28-30(27,29-4-2)20-16-11-5-6-12-17(16)22(26)25(21(20)23)18-13-7-9-15-10-8-14-24-19(15)18/h5-14H,3-4,23H2,1-2H3. The predicted molar refractivity (Wildman–Crippen MR) is 120 cm³/mol. The average molecular weight is 423 g/mol. The van der Waals surface area contributed by atoms with Crippen LogP contribution in [0.2, 0.25) is 0 Å². The molecule has 154 valence electrons. The number of para-hydroxylation sites is 1. The van der Waals surface area contributed by atoms with Gasteiger partial charge in [0.15, 0.2) is 0 Å². The van der Waals surface area contributed by atoms with Crippen LogP contribution < -0.4 is 16.6 Å². The summed E-state index contributed by atoms with van der Waals surface area (Å²) in [7, 11) is -3.79. The second-order valence-electron chi connectivity index (χ2n) is 6.61. The Balaban J connectivity index is 2.18. The highest BCUT2D eigenvalue weighted by molar-refractivity contribution is 7.63. The summed E-state index contributed by atoms with van der Waals surface area (Å²) < 4.78 is 26.3. The van der Waals surface area contributed by atoms with Crippen molar-refractivity contribution in [2.75, 3.05) is 18.9 Å². The molecule has 30 heavy (non-hydrogen) atoms. The summed E-state index contributed by atoms with van der Waals surface area (Å²) in [5.74, 6) is 0.0158. The molecule has 0 saturated carbocycles. The third-order valence-electron chi connectivity index (χ3n) is 4.82. The van der Waals surface area contributed by atoms with Crippen molar-refractivity contribution in [2.24, 2.45) is 0 Å². The molecule has 2 heterocycles. The minimum absolute atomic E-state index is 0.0158. The van der Waals surface area contributed by atoms with E-state index in [0.29, 0.717) is 22.0 Å². The molecule has 0 amide bonds. The van der Waals surface area contributed by atoms with Crippen LogP contribution in [0.1, 0.15) is 13.8 Å². The minimum atomic E-state index is -3.79. The van der Waals surface area contributed by atoms with Crippen molar-refractivity contribution in [3.05, 3.63) is 71.1 Å². The van der Waals surface area contributed by atoms with E-state index < -0.39 is 7.60 Å². The van der Waals surface area contributed by atoms with E-state index in [0.717, 1.165) is 5.39 Å². The molecule has 4 rings (SSSR count). The Morgan fingerprint density at radius 3 is 2.33 bits per heavy atom. The second-order valence-corrected chi connectivity index (χ2v) is 8.56. The Labute approximate surface area is 173 Å². The summed E-state index contributed by atoms with van der Waals surface area (Å²) in [5, 5.41) is 1.87. The zero-order valence-electron chi connectivity index (χ0n) is 16.7. The smallest absolute Gasteiger partial charge is 0.365 e. The maximum Gasteiger partial charge on any atom is 0.365 e. The molecule has 0 aliphatic heterocycles. The van der Waals surface area contributed by atoms with E-state index in [2.05, 4.69) is 4.98 Å². The largest absolute Gasteiger partial charge is 0.384 e. The van der Waals surface area contributed by atoms with Crippen molar-refractivity contribution >= 4 is 40.4 Å². The number of hydrogen-bond acceptors (Lipinski definition) is 6. The fraction of sp³-hybridized carbons (Fsp3) is 0.182. The van der Waals surface area contributed by atoms with Crippen LogP contribution in [0.15, 0.2) is 65.6 Å². The molecule has 0 radical (unpaired) electrons. The van der Waals surface area contributed by atoms with Crippen LogP contribution in [0, 0.1) is 0 Å². The topological polar surface area (TPSA) is 96.4 Å². The van der Waals surface area contributed by atoms with Gasteiger partial charge >= 0.3 is 7.60 Å². The van der Waals surface area contributed by atoms with E-state index in [1.807, 2.05) is 24.3 Å². The van der Waals surface area contributed by atoms with Crippen LogP contribution >= 0.6 is 7.60 Å². The van der Waals surface area contributed by atoms with E-state index in [1.54, 1.807) is 50.4 Å². The molecule has 4 aromatic rings. The lowest BCUT2D eigenvalue weighted by molar-refractivity contribution is 0.230. The van der Waals surface area contributed by atoms with E-state index >= 15 is 0 Å². The van der Waals surface area contributed by atoms with Crippen LogP contribution in [0.4, 0.5) is 5.82 Å². The first kappa shape index (κ1) is 20.3. The van der Waals surface area contributed by atoms with E-state index in [1.165, 1.54) is 4.57 Å². The second kappa shape index (κ2) is 8.03. The predicted octanol–water partition coefficient (Wildman–Crippen LogP) is 4.01. The molecule has 0 spiro atoms. The summed E-state index contributed by atoms with van der Waals surface area (Å²) in [6.07, 6.45) is 1.65. The number of anilines is 1. The van der Waals surface area contributed by atoms with Crippen molar-refractivity contribution in [1.29, 1.82) is 0 Å². The average Bonchev–Trinajstić information content (AvgIpc) is 2.74. The summed E-state index contributed by atoms with van der Waals surface area (Å²) >= 11 is 0. The molecule has 2 aromatic carbocycles. The molecule has 7 nitrogen and oxygen atoms in total. The highest BCUT2D eigenvalue weighted by Crippen LogP contribution is 2.50. The number of rotatable bonds is 6. The van der Waals surface area contributed by atoms with Gasteiger partial charge in [-0.15, -0.1) is 0 Å². The molecule has 0 atom stereocenters. The lowest BCUT2D eigenvalue weighted by atomic mass is 10.1. The first-order valence-corrected chi connectivity index (χ1v) is 11.2. The van der Waals surface area contributed by atoms with Crippen LogP contribution in [0.3, 0.4) is 0 Å². The molecule has 0 bridgehead atoms. The monoisotopic (exact) mass is 423 g/mol. The Hall–Kier alpha value is -2.99. The number of nitrogen functional groups attached to an aromatic ring is 1. The number of hydrogen-bond donors (Lipinski definition) is 1. The Bertz CT molecular complexity index is 1330. The van der Waals surface area contributed by atoms with E-state index in [4.69, 9.17) is 14.8 Å². The van der Waals surface area contributed by atoms with Gasteiger partial charge in [-0.25, -0.2) is 0 Å². The van der Waals surface area contributed by atoms with Crippen molar-refractivity contribution in [3.8, 4) is 5.69 Å². The van der Waals surface area contributed by atoms with Gasteiger partial charge in [0.2, 0.25) is 0 Å². The lowest BCUT2D eigenvalue weighted by Crippen LogP contribution is -2.30. The number of nitrogens with two attached hydrogens (primary N) is 1. The number of aromatic nitrogens is 2. The Morgan fingerprint density at radius 2 is 1.63 bits per heavy atom. The van der Waals surface area contributed by atoms with Gasteiger partial charge in [-0.2, -0.15) is 0 Å². The van der Waals surface area contributed by atoms with Crippen LogP contribution in [-0.4, -0.2) is 22.8 Å². The maximum atomic E-state index is 13.8. The fourth-order valence-corrected chi connectivity index (χ4v) is 5.53. The van der Waals surface area contributed by atoms with Gasteiger partial charge in [0.1, 0.15) is 11.1 Å². The molecule has 0 saturated heterocycles. The molecule has 0 unspecified atom stereocenters. The van der Waals surface area contributed by atoms with E-state index in [-0.39, 0.29) is 29.9 Å². The maximum absolute atomic E-state index is 13.8. The van der Waals surface area contributed by atoms with Gasteiger partial charge < -0.3 is 14.8 Å². The van der Waals surface area contributed by atoms with Crippen LogP contribution in [-0.2, 0) is 13.6 Å². The molecular formula is C22H22N3O4P. The third kappa shape index (κ3) is 3.21. The van der Waals surface area contributed by atoms with Crippen molar-refractivity contribution in [3.63, 3.8) is 0 Å². The first-order chi connectivity index (χ1) is 14.5. The zero-order valence-corrected chi connectivity index (χ0v) is 17.6. The lowest BCUT2D eigenvalue weighted by Gasteiger charge is -2.23. The Morgan fingerprint density at radius 1 is 0.967 bits per heavy atom. The fourth-order valence-electron chi connectivity index (χ4n) is 3.65. The summed E-state index contributed by atoms with van der Waals surface area (Å²) in [4.78, 5) is 17.9. The van der Waals surface area contributed by atoms with Crippen LogP contribution in [0.5, 0.6) is 0 Å². The molecule has 8 heteroatoms.